The number of hydrogen-bond donors (Lipinski definition) is 1. The number of amides is 1. The minimum absolute atomic E-state index is 0.0598. The van der Waals surface area contributed by atoms with Crippen molar-refractivity contribution in [3.63, 3.8) is 0 Å². The molecule has 30 heavy (non-hydrogen) atoms. The fraction of sp³-hybridized carbons (Fsp3) is 0.565. The molecule has 5 nitrogen and oxygen atoms in total. The molecule has 1 aromatic rings. The molecule has 0 radical (unpaired) electrons. The van der Waals surface area contributed by atoms with Crippen molar-refractivity contribution in [1.29, 1.82) is 0 Å². The average molecular weight is 493 g/mol. The van der Waals surface area contributed by atoms with Crippen molar-refractivity contribution in [2.45, 2.75) is 76.3 Å². The number of rotatable bonds is 4. The fourth-order valence-electron chi connectivity index (χ4n) is 4.59. The summed E-state index contributed by atoms with van der Waals surface area (Å²) < 4.78 is 5.81. The number of phenols is 1. The number of amidine groups is 1. The van der Waals surface area contributed by atoms with Crippen LogP contribution < -0.4 is 4.74 Å². The van der Waals surface area contributed by atoms with Gasteiger partial charge < -0.3 is 9.84 Å². The van der Waals surface area contributed by atoms with Gasteiger partial charge in [0.1, 0.15) is 0 Å². The third-order valence-electron chi connectivity index (χ3n) is 6.21. The summed E-state index contributed by atoms with van der Waals surface area (Å²) in [6.45, 7) is 0. The van der Waals surface area contributed by atoms with Gasteiger partial charge in [-0.2, -0.15) is 0 Å². The van der Waals surface area contributed by atoms with Crippen LogP contribution in [0.5, 0.6) is 11.5 Å². The van der Waals surface area contributed by atoms with Gasteiger partial charge in [0.15, 0.2) is 16.7 Å². The monoisotopic (exact) mass is 492 g/mol. The summed E-state index contributed by atoms with van der Waals surface area (Å²) in [5.74, 6) is 0.505. The molecule has 3 aliphatic rings. The van der Waals surface area contributed by atoms with Crippen molar-refractivity contribution in [3.8, 4) is 11.5 Å². The van der Waals surface area contributed by atoms with Crippen molar-refractivity contribution in [2.75, 3.05) is 7.11 Å². The number of thioether (sulfide) groups is 1. The largest absolute Gasteiger partial charge is 0.503 e. The van der Waals surface area contributed by atoms with Crippen LogP contribution in [0.1, 0.15) is 69.8 Å². The topological polar surface area (TPSA) is 62.1 Å². The van der Waals surface area contributed by atoms with Gasteiger partial charge in [-0.15, -0.1) is 0 Å². The summed E-state index contributed by atoms with van der Waals surface area (Å²) >= 11 is 4.87. The first-order valence-corrected chi connectivity index (χ1v) is 12.5. The van der Waals surface area contributed by atoms with E-state index in [2.05, 4.69) is 15.9 Å². The molecule has 3 fully saturated rings. The van der Waals surface area contributed by atoms with Gasteiger partial charge >= 0.3 is 0 Å². The van der Waals surface area contributed by atoms with E-state index in [4.69, 9.17) is 9.73 Å². The third-order valence-corrected chi connectivity index (χ3v) is 7.81. The Morgan fingerprint density at radius 2 is 1.80 bits per heavy atom. The number of phenolic OH excluding ortho intramolecular Hbond substituents is 1. The van der Waals surface area contributed by atoms with E-state index in [0.29, 0.717) is 21.2 Å². The van der Waals surface area contributed by atoms with Gasteiger partial charge in [0, 0.05) is 6.04 Å². The number of carbonyl (C=O) groups excluding carboxylic acids is 1. The second-order valence-electron chi connectivity index (χ2n) is 8.33. The van der Waals surface area contributed by atoms with E-state index in [-0.39, 0.29) is 17.7 Å². The van der Waals surface area contributed by atoms with Gasteiger partial charge in [-0.25, -0.2) is 0 Å². The maximum absolute atomic E-state index is 13.4. The van der Waals surface area contributed by atoms with E-state index in [0.717, 1.165) is 36.4 Å². The molecule has 1 N–H and O–H groups in total. The zero-order valence-corrected chi connectivity index (χ0v) is 19.8. The van der Waals surface area contributed by atoms with Gasteiger partial charge in [0.2, 0.25) is 0 Å². The van der Waals surface area contributed by atoms with E-state index in [1.807, 2.05) is 11.0 Å². The second kappa shape index (κ2) is 9.77. The van der Waals surface area contributed by atoms with E-state index >= 15 is 0 Å². The fourth-order valence-corrected chi connectivity index (χ4v) is 6.16. The zero-order chi connectivity index (χ0) is 21.1. The summed E-state index contributed by atoms with van der Waals surface area (Å²) in [6.07, 6.45) is 13.6. The molecule has 4 rings (SSSR count). The van der Waals surface area contributed by atoms with Crippen LogP contribution >= 0.6 is 27.7 Å². The Labute approximate surface area is 191 Å². The lowest BCUT2D eigenvalue weighted by atomic mass is 9.94. The van der Waals surface area contributed by atoms with Crippen molar-refractivity contribution < 1.29 is 14.6 Å². The molecule has 1 saturated heterocycles. The molecule has 0 atom stereocenters. The highest BCUT2D eigenvalue weighted by molar-refractivity contribution is 9.10. The zero-order valence-electron chi connectivity index (χ0n) is 17.4. The number of hydrogen-bond acceptors (Lipinski definition) is 5. The molecular weight excluding hydrogens is 464 g/mol. The van der Waals surface area contributed by atoms with Crippen molar-refractivity contribution in [3.05, 3.63) is 27.1 Å². The lowest BCUT2D eigenvalue weighted by Crippen LogP contribution is -2.41. The van der Waals surface area contributed by atoms with E-state index in [1.165, 1.54) is 57.4 Å². The van der Waals surface area contributed by atoms with Gasteiger partial charge in [-0.3, -0.25) is 14.7 Å². The number of nitrogens with zero attached hydrogens (tertiary/aromatic N) is 2. The van der Waals surface area contributed by atoms with E-state index in [9.17, 15) is 9.90 Å². The predicted molar refractivity (Wildman–Crippen MR) is 126 cm³/mol. The Balaban J connectivity index is 1.66. The van der Waals surface area contributed by atoms with Crippen LogP contribution in [0.15, 0.2) is 26.5 Å². The van der Waals surface area contributed by atoms with E-state index in [1.54, 1.807) is 12.1 Å². The minimum Gasteiger partial charge on any atom is -0.503 e. The molecule has 1 heterocycles. The Kier molecular flexibility index (Phi) is 7.08. The van der Waals surface area contributed by atoms with Crippen LogP contribution in [0.2, 0.25) is 0 Å². The first-order valence-electron chi connectivity index (χ1n) is 10.9. The van der Waals surface area contributed by atoms with Crippen LogP contribution in [0, 0.1) is 0 Å². The highest BCUT2D eigenvalue weighted by Gasteiger charge is 2.39. The molecule has 0 spiro atoms. The van der Waals surface area contributed by atoms with Gasteiger partial charge in [0.05, 0.1) is 22.5 Å². The van der Waals surface area contributed by atoms with Gasteiger partial charge in [0.25, 0.3) is 5.91 Å². The molecule has 0 aromatic heterocycles. The van der Waals surface area contributed by atoms with Crippen LogP contribution in [0.25, 0.3) is 6.08 Å². The number of ether oxygens (including phenoxy) is 1. The number of halogens is 1. The number of benzene rings is 1. The average Bonchev–Trinajstić information content (AvgIpc) is 3.06. The van der Waals surface area contributed by atoms with Crippen LogP contribution in [-0.4, -0.2) is 40.3 Å². The molecule has 2 aliphatic carbocycles. The van der Waals surface area contributed by atoms with Gasteiger partial charge in [-0.1, -0.05) is 38.5 Å². The Morgan fingerprint density at radius 3 is 2.47 bits per heavy atom. The number of aromatic hydroxyl groups is 1. The Hall–Kier alpha value is -1.47. The quantitative estimate of drug-likeness (QED) is 0.515. The molecule has 1 amide bonds. The summed E-state index contributed by atoms with van der Waals surface area (Å²) in [7, 11) is 1.52. The number of aliphatic imine (C=N–C) groups is 1. The lowest BCUT2D eigenvalue weighted by molar-refractivity contribution is -0.124. The summed E-state index contributed by atoms with van der Waals surface area (Å²) in [6, 6.07) is 4.15. The van der Waals surface area contributed by atoms with Crippen molar-refractivity contribution in [2.24, 2.45) is 4.99 Å². The molecule has 2 saturated carbocycles. The maximum Gasteiger partial charge on any atom is 0.266 e. The van der Waals surface area contributed by atoms with Crippen LogP contribution in [-0.2, 0) is 4.79 Å². The Bertz CT molecular complexity index is 858. The summed E-state index contributed by atoms with van der Waals surface area (Å²) in [4.78, 5) is 21.2. The number of carbonyl (C=O) groups is 1. The highest BCUT2D eigenvalue weighted by Crippen LogP contribution is 2.40. The Morgan fingerprint density at radius 1 is 1.13 bits per heavy atom. The molecule has 7 heteroatoms. The third kappa shape index (κ3) is 4.72. The van der Waals surface area contributed by atoms with Gasteiger partial charge in [-0.05, 0) is 77.1 Å². The molecule has 1 aromatic carbocycles. The van der Waals surface area contributed by atoms with Crippen LogP contribution in [0.3, 0.4) is 0 Å². The summed E-state index contributed by atoms with van der Waals surface area (Å²) in [5, 5.41) is 11.0. The first kappa shape index (κ1) is 21.8. The normalized spacial score (nSPS) is 24.2. The maximum atomic E-state index is 13.4. The SMILES string of the molecule is COc1cc(C=C2SC(=NC3CCCCC3)N(C3CCCCC3)C2=O)cc(Br)c1O. The molecular formula is C23H29BrN2O3S. The minimum atomic E-state index is 0.0598. The number of methoxy groups -OCH3 is 1. The summed E-state index contributed by atoms with van der Waals surface area (Å²) in [5.41, 5.74) is 0.815. The van der Waals surface area contributed by atoms with Crippen molar-refractivity contribution in [1.82, 2.24) is 4.90 Å². The molecule has 0 bridgehead atoms. The van der Waals surface area contributed by atoms with Crippen molar-refractivity contribution >= 4 is 44.8 Å². The lowest BCUT2D eigenvalue weighted by Gasteiger charge is -2.31. The van der Waals surface area contributed by atoms with E-state index < -0.39 is 0 Å². The molecule has 162 valence electrons. The second-order valence-corrected chi connectivity index (χ2v) is 10.2. The predicted octanol–water partition coefficient (Wildman–Crippen LogP) is 6.10. The van der Waals surface area contributed by atoms with Crippen LogP contribution in [0.4, 0.5) is 0 Å². The first-order chi connectivity index (χ1) is 14.6. The molecule has 1 aliphatic heterocycles. The highest BCUT2D eigenvalue weighted by atomic mass is 79.9. The smallest absolute Gasteiger partial charge is 0.266 e. The molecule has 0 unspecified atom stereocenters. The standard InChI is InChI=1S/C23H29BrN2O3S/c1-29-19-13-15(12-18(24)21(19)27)14-20-22(28)26(17-10-6-3-7-11-17)23(30-20)25-16-8-4-2-5-9-16/h12-14,16-17,27H,2-11H2,1H3.